The number of aryl methyl sites for hydroxylation is 1. The van der Waals surface area contributed by atoms with Crippen LogP contribution in [0.4, 0.5) is 0 Å². The fraction of sp³-hybridized carbons (Fsp3) is 0.133. The molecule has 0 spiro atoms. The molecule has 0 fully saturated rings. The van der Waals surface area contributed by atoms with Crippen molar-refractivity contribution < 1.29 is 23.8 Å². The maximum atomic E-state index is 13.4. The largest absolute Gasteiger partial charge is 0.489 e. The van der Waals surface area contributed by atoms with Crippen LogP contribution in [0.2, 0.25) is 0 Å². The number of rotatable bonds is 2. The van der Waals surface area contributed by atoms with Gasteiger partial charge in [0.2, 0.25) is 5.78 Å². The van der Waals surface area contributed by atoms with Gasteiger partial charge in [0.05, 0.1) is 12.0 Å². The Morgan fingerprint density at radius 1 is 0.944 bits per heavy atom. The fourth-order valence-corrected chi connectivity index (χ4v) is 5.39. The van der Waals surface area contributed by atoms with E-state index in [9.17, 15) is 9.59 Å². The highest BCUT2D eigenvalue weighted by molar-refractivity contribution is 6.15. The summed E-state index contributed by atoms with van der Waals surface area (Å²) in [5.74, 6) is 1.14. The van der Waals surface area contributed by atoms with Gasteiger partial charge in [0.15, 0.2) is 5.76 Å². The van der Waals surface area contributed by atoms with Gasteiger partial charge in [-0.1, -0.05) is 36.4 Å². The van der Waals surface area contributed by atoms with E-state index in [0.717, 1.165) is 38.9 Å². The first-order valence-electron chi connectivity index (χ1n) is 11.8. The first-order valence-corrected chi connectivity index (χ1v) is 11.8. The number of ketones is 1. The topological polar surface area (TPSA) is 66.8 Å². The predicted molar refractivity (Wildman–Crippen MR) is 135 cm³/mol. The molecule has 0 amide bonds. The smallest absolute Gasteiger partial charge is 0.312 e. The van der Waals surface area contributed by atoms with Gasteiger partial charge in [-0.05, 0) is 42.0 Å². The van der Waals surface area contributed by atoms with E-state index in [1.165, 1.54) is 0 Å². The van der Waals surface area contributed by atoms with Crippen LogP contribution >= 0.6 is 0 Å². The summed E-state index contributed by atoms with van der Waals surface area (Å²) < 4.78 is 19.8. The Bertz CT molecular complexity index is 1670. The molecular formula is C30H21NO5. The van der Waals surface area contributed by atoms with Crippen LogP contribution in [0.1, 0.15) is 39.4 Å². The van der Waals surface area contributed by atoms with Crippen molar-refractivity contribution >= 4 is 34.8 Å². The molecule has 4 aromatic rings. The second kappa shape index (κ2) is 7.71. The highest BCUT2D eigenvalue weighted by Crippen LogP contribution is 2.50. The number of aromatic nitrogens is 1. The first-order chi connectivity index (χ1) is 17.6. The number of para-hydroxylation sites is 2. The van der Waals surface area contributed by atoms with Crippen LogP contribution in [0.5, 0.6) is 17.2 Å². The van der Waals surface area contributed by atoms with E-state index in [4.69, 9.17) is 14.2 Å². The molecule has 6 heteroatoms. The predicted octanol–water partition coefficient (Wildman–Crippen LogP) is 5.66. The maximum Gasteiger partial charge on any atom is 0.312 e. The molecule has 3 aliphatic rings. The summed E-state index contributed by atoms with van der Waals surface area (Å²) in [6, 6.07) is 19.2. The average molecular weight is 476 g/mol. The van der Waals surface area contributed by atoms with E-state index >= 15 is 0 Å². The van der Waals surface area contributed by atoms with Crippen molar-refractivity contribution in [2.75, 3.05) is 6.61 Å². The molecule has 0 saturated carbocycles. The minimum absolute atomic E-state index is 0.154. The molecule has 6 nitrogen and oxygen atoms in total. The summed E-state index contributed by atoms with van der Waals surface area (Å²) >= 11 is 0. The van der Waals surface area contributed by atoms with Gasteiger partial charge in [0, 0.05) is 46.8 Å². The first kappa shape index (κ1) is 20.8. The van der Waals surface area contributed by atoms with E-state index in [0.29, 0.717) is 23.7 Å². The van der Waals surface area contributed by atoms with Gasteiger partial charge in [0.25, 0.3) is 0 Å². The Morgan fingerprint density at radius 3 is 2.69 bits per heavy atom. The minimum Gasteiger partial charge on any atom is -0.489 e. The number of hydrogen-bond acceptors (Lipinski definition) is 5. The zero-order valence-electron chi connectivity index (χ0n) is 19.5. The normalized spacial score (nSPS) is 19.2. The lowest BCUT2D eigenvalue weighted by atomic mass is 9.83. The summed E-state index contributed by atoms with van der Waals surface area (Å²) in [5, 5.41) is 1.04. The van der Waals surface area contributed by atoms with Gasteiger partial charge in [-0.15, -0.1) is 0 Å². The standard InChI is InChI=1S/C30H21NO5/c1-31-15-18(20-7-3-4-8-23(20)31)13-26-29(33)21-10-11-25-28(30(21)36-26)22(14-27(32)35-25)19-12-17-6-2-5-9-24(17)34-16-19/h2-13,15,22H,14,16H2,1H3/b26-13-/t22-/m0/s1. The van der Waals surface area contributed by atoms with Crippen LogP contribution in [0.3, 0.4) is 0 Å². The molecule has 1 atom stereocenters. The molecule has 1 aromatic heterocycles. The van der Waals surface area contributed by atoms with Crippen LogP contribution in [0, 0.1) is 0 Å². The molecule has 0 aliphatic carbocycles. The SMILES string of the molecule is Cn1cc(/C=C2\Oc3c(ccc4c3[C@H](C3=Cc5ccccc5OC3)CC(=O)O4)C2=O)c2ccccc21. The number of hydrogen-bond donors (Lipinski definition) is 0. The van der Waals surface area contributed by atoms with Gasteiger partial charge in [-0.3, -0.25) is 9.59 Å². The minimum atomic E-state index is -0.317. The Hall–Kier alpha value is -4.58. The van der Waals surface area contributed by atoms with Gasteiger partial charge in [-0.2, -0.15) is 0 Å². The number of allylic oxidation sites excluding steroid dienone is 1. The third kappa shape index (κ3) is 3.11. The fourth-order valence-electron chi connectivity index (χ4n) is 5.39. The second-order valence-corrected chi connectivity index (χ2v) is 9.28. The van der Waals surface area contributed by atoms with E-state index in [2.05, 4.69) is 6.08 Å². The summed E-state index contributed by atoms with van der Waals surface area (Å²) in [4.78, 5) is 25.9. The van der Waals surface area contributed by atoms with Gasteiger partial charge < -0.3 is 18.8 Å². The number of benzene rings is 3. The number of carbonyl (C=O) groups excluding carboxylic acids is 2. The zero-order valence-corrected chi connectivity index (χ0v) is 19.5. The molecule has 0 bridgehead atoms. The van der Waals surface area contributed by atoms with Gasteiger partial charge in [0.1, 0.15) is 23.9 Å². The Kier molecular flexibility index (Phi) is 4.45. The third-order valence-electron chi connectivity index (χ3n) is 7.10. The molecule has 3 aliphatic heterocycles. The molecule has 0 radical (unpaired) electrons. The van der Waals surface area contributed by atoms with Gasteiger partial charge in [-0.25, -0.2) is 0 Å². The molecule has 0 saturated heterocycles. The van der Waals surface area contributed by atoms with Crippen LogP contribution in [0.15, 0.2) is 78.2 Å². The number of Topliss-reactive ketones (excluding diaryl/α,β-unsaturated/α-hetero) is 1. The van der Waals surface area contributed by atoms with Crippen molar-refractivity contribution in [1.29, 1.82) is 0 Å². The molecule has 4 heterocycles. The van der Waals surface area contributed by atoms with Crippen molar-refractivity contribution in [2.24, 2.45) is 7.05 Å². The quantitative estimate of drug-likeness (QED) is 0.213. The third-order valence-corrected chi connectivity index (χ3v) is 7.10. The van der Waals surface area contributed by atoms with Crippen molar-refractivity contribution in [2.45, 2.75) is 12.3 Å². The number of ether oxygens (including phenoxy) is 3. The molecule has 36 heavy (non-hydrogen) atoms. The summed E-state index contributed by atoms with van der Waals surface area (Å²) in [5.41, 5.74) is 5.07. The molecule has 176 valence electrons. The number of nitrogens with zero attached hydrogens (tertiary/aromatic N) is 1. The summed E-state index contributed by atoms with van der Waals surface area (Å²) in [7, 11) is 1.98. The Labute approximate surface area is 207 Å². The van der Waals surface area contributed by atoms with E-state index in [-0.39, 0.29) is 29.9 Å². The van der Waals surface area contributed by atoms with E-state index in [1.54, 1.807) is 18.2 Å². The van der Waals surface area contributed by atoms with Crippen LogP contribution in [0.25, 0.3) is 23.1 Å². The second-order valence-electron chi connectivity index (χ2n) is 9.28. The average Bonchev–Trinajstić information content (AvgIpc) is 3.39. The van der Waals surface area contributed by atoms with Crippen molar-refractivity contribution in [3.63, 3.8) is 0 Å². The number of esters is 1. The van der Waals surface area contributed by atoms with E-state index in [1.807, 2.05) is 66.3 Å². The highest BCUT2D eigenvalue weighted by atomic mass is 16.5. The molecular weight excluding hydrogens is 454 g/mol. The monoisotopic (exact) mass is 475 g/mol. The molecule has 7 rings (SSSR count). The van der Waals surface area contributed by atoms with Crippen LogP contribution in [-0.2, 0) is 11.8 Å². The lowest BCUT2D eigenvalue weighted by molar-refractivity contribution is -0.135. The Balaban J connectivity index is 1.33. The zero-order chi connectivity index (χ0) is 24.4. The van der Waals surface area contributed by atoms with Gasteiger partial charge >= 0.3 is 5.97 Å². The molecule has 0 unspecified atom stereocenters. The van der Waals surface area contributed by atoms with Crippen molar-refractivity contribution in [1.82, 2.24) is 4.57 Å². The lowest BCUT2D eigenvalue weighted by Crippen LogP contribution is -2.24. The van der Waals surface area contributed by atoms with Crippen LogP contribution < -0.4 is 14.2 Å². The lowest BCUT2D eigenvalue weighted by Gasteiger charge is -2.29. The summed E-state index contributed by atoms with van der Waals surface area (Å²) in [6.45, 7) is 0.352. The number of fused-ring (bicyclic) bond motifs is 5. The van der Waals surface area contributed by atoms with E-state index < -0.39 is 0 Å². The molecule has 0 N–H and O–H groups in total. The Morgan fingerprint density at radius 2 is 1.78 bits per heavy atom. The number of carbonyl (C=O) groups is 2. The molecule has 3 aromatic carbocycles. The van der Waals surface area contributed by atoms with Crippen molar-refractivity contribution in [3.8, 4) is 17.2 Å². The highest BCUT2D eigenvalue weighted by Gasteiger charge is 2.39. The van der Waals surface area contributed by atoms with Crippen molar-refractivity contribution in [3.05, 3.63) is 100 Å². The maximum absolute atomic E-state index is 13.4. The summed E-state index contributed by atoms with van der Waals surface area (Å²) in [6.07, 6.45) is 5.99. The van der Waals surface area contributed by atoms with Crippen LogP contribution in [-0.4, -0.2) is 22.9 Å².